The van der Waals surface area contributed by atoms with E-state index in [2.05, 4.69) is 41.7 Å². The Morgan fingerprint density at radius 1 is 0.565 bits per heavy atom. The minimum absolute atomic E-state index is 0.0292. The topological polar surface area (TPSA) is 218 Å². The number of carbonyl (C=O) groups is 6. The van der Waals surface area contributed by atoms with Gasteiger partial charge in [-0.05, 0) is 130 Å². The third-order valence-electron chi connectivity index (χ3n) is 9.73. The number of anilines is 4. The normalized spacial score (nSPS) is 12.5. The highest BCUT2D eigenvalue weighted by Crippen LogP contribution is 2.33. The van der Waals surface area contributed by atoms with Gasteiger partial charge in [-0.2, -0.15) is 20.5 Å². The Balaban J connectivity index is 1.29. The molecule has 0 fully saturated rings. The third-order valence-corrected chi connectivity index (χ3v) is 11.2. The Morgan fingerprint density at radius 2 is 1.01 bits per heavy atom. The van der Waals surface area contributed by atoms with Gasteiger partial charge >= 0.3 is 0 Å². The van der Waals surface area contributed by atoms with Gasteiger partial charge < -0.3 is 30.7 Å². The second-order valence-electron chi connectivity index (χ2n) is 14.9. The number of ketones is 2. The Kier molecular flexibility index (Phi) is 19.6. The summed E-state index contributed by atoms with van der Waals surface area (Å²) in [6.07, 6.45) is 0. The molecule has 0 aliphatic rings. The maximum atomic E-state index is 13.6. The van der Waals surface area contributed by atoms with Gasteiger partial charge in [-0.15, -0.1) is 34.8 Å². The van der Waals surface area contributed by atoms with E-state index in [9.17, 15) is 28.8 Å². The molecule has 16 nitrogen and oxygen atoms in total. The summed E-state index contributed by atoms with van der Waals surface area (Å²) in [5.41, 5.74) is 3.22. The number of halogens is 5. The quantitative estimate of drug-likeness (QED) is 0.0314. The van der Waals surface area contributed by atoms with Crippen molar-refractivity contribution < 1.29 is 38.2 Å². The fourth-order valence-corrected chi connectivity index (χ4v) is 7.26. The van der Waals surface area contributed by atoms with Crippen LogP contribution >= 0.6 is 58.0 Å². The lowest BCUT2D eigenvalue weighted by Gasteiger charge is -2.17. The van der Waals surface area contributed by atoms with Crippen LogP contribution in [0.1, 0.15) is 77.4 Å². The van der Waals surface area contributed by atoms with Gasteiger partial charge in [-0.25, -0.2) is 0 Å². The van der Waals surface area contributed by atoms with Crippen LogP contribution in [-0.4, -0.2) is 60.5 Å². The van der Waals surface area contributed by atoms with E-state index in [1.165, 1.54) is 54.6 Å². The molecular weight excluding hydrogens is 994 g/mol. The first-order valence-electron chi connectivity index (χ1n) is 21.0. The molecule has 5 aromatic carbocycles. The number of ether oxygens (including phenoxy) is 2. The van der Waals surface area contributed by atoms with Crippen LogP contribution in [0.2, 0.25) is 10.0 Å². The molecule has 360 valence electrons. The highest BCUT2D eigenvalue weighted by atomic mass is 35.5. The van der Waals surface area contributed by atoms with Gasteiger partial charge in [-0.1, -0.05) is 35.3 Å². The molecule has 4 N–H and O–H groups in total. The first-order chi connectivity index (χ1) is 33.0. The van der Waals surface area contributed by atoms with Crippen molar-refractivity contribution in [2.24, 2.45) is 20.5 Å². The van der Waals surface area contributed by atoms with E-state index >= 15 is 0 Å². The zero-order chi connectivity index (χ0) is 50.4. The molecule has 0 radical (unpaired) electrons. The van der Waals surface area contributed by atoms with E-state index in [0.717, 1.165) is 25.0 Å². The summed E-state index contributed by atoms with van der Waals surface area (Å²) in [5, 5.41) is 26.4. The van der Waals surface area contributed by atoms with Crippen LogP contribution in [-0.2, 0) is 30.9 Å². The molecule has 3 unspecified atom stereocenters. The lowest BCUT2D eigenvalue weighted by atomic mass is 10.1. The van der Waals surface area contributed by atoms with Crippen LogP contribution in [0.15, 0.2) is 111 Å². The van der Waals surface area contributed by atoms with Gasteiger partial charge in [-0.3, -0.25) is 28.8 Å². The molecule has 21 heteroatoms. The molecule has 5 rings (SSSR count). The van der Waals surface area contributed by atoms with Gasteiger partial charge in [0, 0.05) is 23.1 Å². The minimum Gasteiger partial charge on any atom is -0.492 e. The van der Waals surface area contributed by atoms with E-state index in [4.69, 9.17) is 67.5 Å². The van der Waals surface area contributed by atoms with E-state index in [0.29, 0.717) is 41.7 Å². The first-order valence-corrected chi connectivity index (χ1v) is 23.3. The number of amides is 4. The molecule has 0 spiro atoms. The van der Waals surface area contributed by atoms with E-state index in [-0.39, 0.29) is 55.7 Å². The summed E-state index contributed by atoms with van der Waals surface area (Å²) in [7, 11) is 0. The average molecular weight is 1040 g/mol. The average Bonchev–Trinajstić information content (AvgIpc) is 3.31. The molecule has 3 atom stereocenters. The van der Waals surface area contributed by atoms with Gasteiger partial charge in [0.05, 0.1) is 62.5 Å². The van der Waals surface area contributed by atoms with Crippen LogP contribution in [0.25, 0.3) is 0 Å². The minimum atomic E-state index is -1.63. The van der Waals surface area contributed by atoms with E-state index < -0.39 is 52.7 Å². The number of nitrogens with one attached hydrogen (secondary N) is 4. The lowest BCUT2D eigenvalue weighted by Crippen LogP contribution is -2.32. The van der Waals surface area contributed by atoms with Crippen LogP contribution < -0.4 is 30.7 Å². The zero-order valence-corrected chi connectivity index (χ0v) is 41.4. The highest BCUT2D eigenvalue weighted by molar-refractivity contribution is 6.35. The van der Waals surface area contributed by atoms with Crippen molar-refractivity contribution in [3.63, 3.8) is 0 Å². The molecule has 0 saturated heterocycles. The third kappa shape index (κ3) is 14.5. The molecular formula is C48H45Cl5N8O8. The van der Waals surface area contributed by atoms with E-state index in [1.807, 2.05) is 0 Å². The monoisotopic (exact) mass is 1040 g/mol. The lowest BCUT2D eigenvalue weighted by molar-refractivity contribution is -0.127. The number of azo groups is 2. The fraction of sp³-hybridized carbons (Fsp3) is 0.250. The smallest absolute Gasteiger partial charge is 0.258 e. The molecule has 0 saturated carbocycles. The van der Waals surface area contributed by atoms with Gasteiger partial charge in [0.25, 0.3) is 23.6 Å². The van der Waals surface area contributed by atoms with Crippen LogP contribution in [0, 0.1) is 0 Å². The number of hydrogen-bond donors (Lipinski definition) is 4. The Morgan fingerprint density at radius 3 is 1.42 bits per heavy atom. The SMILES string of the molecule is CCOc1ccc(CCl)cc1NC(=O)c1cc(N=NC(C(C)=O)C(=O)Nc2ccc(NC(=O)C(N=Nc3ccc(Cl)c(C(=O)Nc4cc(CCl)ccc4OCC)c3)C(C)=O)c(C(C)Cl)c2)ccc1Cl. The van der Waals surface area contributed by atoms with Gasteiger partial charge in [0.15, 0.2) is 11.6 Å². The summed E-state index contributed by atoms with van der Waals surface area (Å²) in [6.45, 7) is 8.24. The number of nitrogens with zero attached hydrogens (tertiary/aromatic N) is 4. The van der Waals surface area contributed by atoms with Crippen molar-refractivity contribution in [3.05, 3.63) is 129 Å². The summed E-state index contributed by atoms with van der Waals surface area (Å²) in [5.74, 6) is -2.92. The van der Waals surface area contributed by atoms with Crippen molar-refractivity contribution in [2.75, 3.05) is 34.5 Å². The van der Waals surface area contributed by atoms with Crippen molar-refractivity contribution in [1.82, 2.24) is 0 Å². The summed E-state index contributed by atoms with van der Waals surface area (Å²) >= 11 is 31.3. The number of carbonyl (C=O) groups excluding carboxylic acids is 6. The summed E-state index contributed by atoms with van der Waals surface area (Å²) in [4.78, 5) is 79.2. The Bertz CT molecular complexity index is 2820. The number of alkyl halides is 3. The maximum Gasteiger partial charge on any atom is 0.258 e. The molecule has 0 heterocycles. The van der Waals surface area contributed by atoms with Crippen LogP contribution in [0.3, 0.4) is 0 Å². The summed E-state index contributed by atoms with van der Waals surface area (Å²) in [6, 6.07) is 19.8. The number of rotatable bonds is 21. The van der Waals surface area contributed by atoms with Crippen molar-refractivity contribution in [3.8, 4) is 11.5 Å². The predicted octanol–water partition coefficient (Wildman–Crippen LogP) is 12.4. The maximum absolute atomic E-state index is 13.6. The molecule has 0 aliphatic carbocycles. The van der Waals surface area contributed by atoms with Gasteiger partial charge in [0.1, 0.15) is 11.5 Å². The van der Waals surface area contributed by atoms with Crippen LogP contribution in [0.5, 0.6) is 11.5 Å². The number of hydrogen-bond acceptors (Lipinski definition) is 12. The number of benzene rings is 5. The molecule has 0 aromatic heterocycles. The molecule has 0 aliphatic heterocycles. The van der Waals surface area contributed by atoms with Crippen molar-refractivity contribution in [1.29, 1.82) is 0 Å². The van der Waals surface area contributed by atoms with Crippen molar-refractivity contribution >= 4 is 127 Å². The largest absolute Gasteiger partial charge is 0.492 e. The molecule has 5 aromatic rings. The molecule has 69 heavy (non-hydrogen) atoms. The predicted molar refractivity (Wildman–Crippen MR) is 269 cm³/mol. The Labute approximate surface area is 422 Å². The van der Waals surface area contributed by atoms with E-state index in [1.54, 1.807) is 57.2 Å². The standard InChI is InChI=1S/C48H45Cl5N8O8/c1-6-68-41-16-8-28(23-49)18-39(41)56-45(64)34-21-31(10-13-36(34)52)58-60-43(26(4)62)47(66)54-30-12-15-38(33(20-30)25(3)51)55-48(67)44(27(5)63)61-59-32-11-14-37(53)35(22-32)46(65)57-40-19-29(24-50)9-17-42(40)69-7-2/h8-22,25,43-44H,6-7,23-24H2,1-5H3,(H,54,66)(H,55,67)(H,56,64)(H,57,65). The van der Waals surface area contributed by atoms with Crippen molar-refractivity contribution in [2.45, 2.75) is 63.8 Å². The second-order valence-corrected chi connectivity index (χ2v) is 16.9. The highest BCUT2D eigenvalue weighted by Gasteiger charge is 2.27. The fourth-order valence-electron chi connectivity index (χ4n) is 6.34. The van der Waals surface area contributed by atoms with Crippen LogP contribution in [0.4, 0.5) is 34.1 Å². The van der Waals surface area contributed by atoms with Gasteiger partial charge in [0.2, 0.25) is 12.1 Å². The number of Topliss-reactive ketones (excluding diaryl/α,β-unsaturated/α-hetero) is 2. The second kappa shape index (κ2) is 25.3. The molecule has 0 bridgehead atoms. The molecule has 4 amide bonds. The summed E-state index contributed by atoms with van der Waals surface area (Å²) < 4.78 is 11.3. The Hall–Kier alpha value is -6.43. The first kappa shape index (κ1) is 53.5. The zero-order valence-electron chi connectivity index (χ0n) is 37.7.